The van der Waals surface area contributed by atoms with Gasteiger partial charge in [-0.05, 0) is 25.0 Å². The number of nitrogens with zero attached hydrogens (tertiary/aromatic N) is 1. The average Bonchev–Trinajstić information content (AvgIpc) is 2.48. The van der Waals surface area contributed by atoms with E-state index in [1.54, 1.807) is 17.0 Å². The quantitative estimate of drug-likeness (QED) is 0.453. The van der Waals surface area contributed by atoms with Gasteiger partial charge in [-0.15, -0.1) is 0 Å². The Morgan fingerprint density at radius 3 is 2.55 bits per heavy atom. The Morgan fingerprint density at radius 2 is 1.90 bits per heavy atom. The number of nitrogens with one attached hydrogen (secondary N) is 1. The van der Waals surface area contributed by atoms with Gasteiger partial charge in [-0.1, -0.05) is 0 Å². The second-order valence-electron chi connectivity index (χ2n) is 4.92. The molecule has 0 spiro atoms. The number of quaternary nitrogens is 1. The van der Waals surface area contributed by atoms with E-state index in [2.05, 4.69) is 0 Å². The van der Waals surface area contributed by atoms with E-state index in [1.165, 1.54) is 12.1 Å². The first-order valence-corrected chi connectivity index (χ1v) is 7.04. The average molecular weight is 281 g/mol. The summed E-state index contributed by atoms with van der Waals surface area (Å²) in [7, 11) is 0. The zero-order valence-electron chi connectivity index (χ0n) is 11.5. The molecule has 2 rings (SSSR count). The number of unbranched alkanes of at least 4 members (excludes halogenated alkanes) is 1. The number of benzene rings is 1. The lowest BCUT2D eigenvalue weighted by molar-refractivity contribution is -0.908. The smallest absolute Gasteiger partial charge is 0.269 e. The number of non-ortho nitro benzene ring substituents is 1. The van der Waals surface area contributed by atoms with Crippen LogP contribution in [0.3, 0.4) is 0 Å². The molecule has 1 aromatic carbocycles. The van der Waals surface area contributed by atoms with Crippen molar-refractivity contribution in [1.82, 2.24) is 0 Å². The number of ether oxygens (including phenoxy) is 2. The molecule has 0 saturated carbocycles. The van der Waals surface area contributed by atoms with Crippen molar-refractivity contribution in [3.05, 3.63) is 34.4 Å². The fourth-order valence-electron chi connectivity index (χ4n) is 2.24. The van der Waals surface area contributed by atoms with E-state index in [4.69, 9.17) is 9.47 Å². The van der Waals surface area contributed by atoms with Gasteiger partial charge in [0.05, 0.1) is 31.3 Å². The Kier molecular flexibility index (Phi) is 5.76. The summed E-state index contributed by atoms with van der Waals surface area (Å²) in [5.41, 5.74) is 0.0910. The number of nitro benzene ring substituents is 1. The van der Waals surface area contributed by atoms with Crippen LogP contribution in [0.15, 0.2) is 24.3 Å². The van der Waals surface area contributed by atoms with Crippen LogP contribution in [-0.2, 0) is 4.74 Å². The van der Waals surface area contributed by atoms with E-state index in [0.29, 0.717) is 12.4 Å². The molecule has 20 heavy (non-hydrogen) atoms. The molecule has 0 unspecified atom stereocenters. The largest absolute Gasteiger partial charge is 0.494 e. The molecule has 0 aliphatic carbocycles. The van der Waals surface area contributed by atoms with Crippen molar-refractivity contribution < 1.29 is 19.3 Å². The molecule has 0 radical (unpaired) electrons. The summed E-state index contributed by atoms with van der Waals surface area (Å²) in [4.78, 5) is 11.7. The summed E-state index contributed by atoms with van der Waals surface area (Å²) >= 11 is 0. The third-order valence-corrected chi connectivity index (χ3v) is 3.44. The molecule has 1 heterocycles. The number of morpholine rings is 1. The first-order chi connectivity index (χ1) is 9.75. The number of hydrogen-bond donors (Lipinski definition) is 1. The highest BCUT2D eigenvalue weighted by Gasteiger charge is 2.12. The van der Waals surface area contributed by atoms with E-state index < -0.39 is 4.92 Å². The Hall–Kier alpha value is -1.66. The van der Waals surface area contributed by atoms with Gasteiger partial charge in [-0.2, -0.15) is 0 Å². The number of nitro groups is 1. The molecule has 0 bridgehead atoms. The highest BCUT2D eigenvalue weighted by molar-refractivity contribution is 5.35. The lowest BCUT2D eigenvalue weighted by atomic mass is 10.3. The topological polar surface area (TPSA) is 66.0 Å². The van der Waals surface area contributed by atoms with Crippen molar-refractivity contribution >= 4 is 5.69 Å². The van der Waals surface area contributed by atoms with Crippen molar-refractivity contribution in [1.29, 1.82) is 0 Å². The van der Waals surface area contributed by atoms with Crippen LogP contribution in [0.25, 0.3) is 0 Å². The maximum Gasteiger partial charge on any atom is 0.269 e. The van der Waals surface area contributed by atoms with E-state index in [-0.39, 0.29) is 5.69 Å². The zero-order chi connectivity index (χ0) is 14.2. The van der Waals surface area contributed by atoms with Crippen LogP contribution in [-0.4, -0.2) is 44.4 Å². The molecule has 1 aromatic rings. The highest BCUT2D eigenvalue weighted by Crippen LogP contribution is 2.17. The van der Waals surface area contributed by atoms with E-state index >= 15 is 0 Å². The molecule has 0 amide bonds. The fourth-order valence-corrected chi connectivity index (χ4v) is 2.24. The maximum atomic E-state index is 10.5. The summed E-state index contributed by atoms with van der Waals surface area (Å²) in [5, 5.41) is 10.5. The molecule has 6 heteroatoms. The molecule has 1 fully saturated rings. The third-order valence-electron chi connectivity index (χ3n) is 3.44. The standard InChI is InChI=1S/C14H20N2O4/c17-16(18)13-3-5-14(6-4-13)20-10-2-1-7-15-8-11-19-12-9-15/h3-6H,1-2,7-12H2/p+1. The van der Waals surface area contributed by atoms with Crippen LogP contribution >= 0.6 is 0 Å². The molecule has 0 aromatic heterocycles. The summed E-state index contributed by atoms with van der Waals surface area (Å²) < 4.78 is 10.9. The minimum Gasteiger partial charge on any atom is -0.494 e. The third kappa shape index (κ3) is 4.79. The summed E-state index contributed by atoms with van der Waals surface area (Å²) in [5.74, 6) is 0.689. The van der Waals surface area contributed by atoms with Gasteiger partial charge in [-0.3, -0.25) is 10.1 Å². The minimum absolute atomic E-state index is 0.0910. The minimum atomic E-state index is -0.408. The SMILES string of the molecule is O=[N+]([O-])c1ccc(OCCCC[NH+]2CCOCC2)cc1. The molecule has 110 valence electrons. The second-order valence-corrected chi connectivity index (χ2v) is 4.92. The van der Waals surface area contributed by atoms with Crippen molar-refractivity contribution in [3.8, 4) is 5.75 Å². The van der Waals surface area contributed by atoms with Crippen LogP contribution in [0.4, 0.5) is 5.69 Å². The van der Waals surface area contributed by atoms with Gasteiger partial charge in [0.1, 0.15) is 18.8 Å². The first kappa shape index (κ1) is 14.7. The molecular formula is C14H21N2O4+. The van der Waals surface area contributed by atoms with Crippen molar-refractivity contribution in [2.45, 2.75) is 12.8 Å². The molecule has 1 saturated heterocycles. The van der Waals surface area contributed by atoms with Gasteiger partial charge in [0, 0.05) is 12.1 Å². The molecule has 1 aliphatic heterocycles. The zero-order valence-corrected chi connectivity index (χ0v) is 11.5. The predicted octanol–water partition coefficient (Wildman–Crippen LogP) is 0.669. The van der Waals surface area contributed by atoms with E-state index in [9.17, 15) is 10.1 Å². The van der Waals surface area contributed by atoms with Crippen LogP contribution in [0.2, 0.25) is 0 Å². The van der Waals surface area contributed by atoms with Gasteiger partial charge < -0.3 is 14.4 Å². The van der Waals surface area contributed by atoms with Crippen LogP contribution < -0.4 is 9.64 Å². The summed E-state index contributed by atoms with van der Waals surface area (Å²) in [6.45, 7) is 5.75. The van der Waals surface area contributed by atoms with Gasteiger partial charge in [0.15, 0.2) is 0 Å². The van der Waals surface area contributed by atoms with Crippen LogP contribution in [0.1, 0.15) is 12.8 Å². The van der Waals surface area contributed by atoms with Gasteiger partial charge >= 0.3 is 0 Å². The van der Waals surface area contributed by atoms with E-state index in [1.807, 2.05) is 0 Å². The number of rotatable bonds is 7. The van der Waals surface area contributed by atoms with Gasteiger partial charge in [0.2, 0.25) is 0 Å². The van der Waals surface area contributed by atoms with Gasteiger partial charge in [0.25, 0.3) is 5.69 Å². The lowest BCUT2D eigenvalue weighted by Crippen LogP contribution is -3.14. The van der Waals surface area contributed by atoms with Crippen LogP contribution in [0.5, 0.6) is 5.75 Å². The fraction of sp³-hybridized carbons (Fsp3) is 0.571. The molecular weight excluding hydrogens is 260 g/mol. The van der Waals surface area contributed by atoms with Crippen LogP contribution in [0, 0.1) is 10.1 Å². The Morgan fingerprint density at radius 1 is 1.20 bits per heavy atom. The summed E-state index contributed by atoms with van der Waals surface area (Å²) in [6, 6.07) is 6.22. The normalized spacial score (nSPS) is 16.0. The van der Waals surface area contributed by atoms with E-state index in [0.717, 1.165) is 45.7 Å². The Labute approximate surface area is 118 Å². The highest BCUT2D eigenvalue weighted by atomic mass is 16.6. The number of hydrogen-bond acceptors (Lipinski definition) is 4. The first-order valence-electron chi connectivity index (χ1n) is 7.04. The monoisotopic (exact) mass is 281 g/mol. The van der Waals surface area contributed by atoms with Gasteiger partial charge in [-0.25, -0.2) is 0 Å². The predicted molar refractivity (Wildman–Crippen MR) is 74.2 cm³/mol. The Bertz CT molecular complexity index is 416. The molecule has 1 N–H and O–H groups in total. The maximum absolute atomic E-state index is 10.5. The Balaban J connectivity index is 1.59. The molecule has 0 atom stereocenters. The summed E-state index contributed by atoms with van der Waals surface area (Å²) in [6.07, 6.45) is 2.13. The lowest BCUT2D eigenvalue weighted by Gasteiger charge is -2.23. The molecule has 1 aliphatic rings. The van der Waals surface area contributed by atoms with Crippen molar-refractivity contribution in [2.24, 2.45) is 0 Å². The van der Waals surface area contributed by atoms with Crippen molar-refractivity contribution in [2.75, 3.05) is 39.5 Å². The second kappa shape index (κ2) is 7.81. The van der Waals surface area contributed by atoms with Crippen molar-refractivity contribution in [3.63, 3.8) is 0 Å². The molecule has 6 nitrogen and oxygen atoms in total.